The third-order valence-corrected chi connectivity index (χ3v) is 5.26. The molecular weight excluding hydrogens is 432 g/mol. The van der Waals surface area contributed by atoms with E-state index in [1.807, 2.05) is 29.6 Å². The zero-order valence-corrected chi connectivity index (χ0v) is 17.7. The molecule has 0 bridgehead atoms. The molecule has 30 heavy (non-hydrogen) atoms. The van der Waals surface area contributed by atoms with E-state index >= 15 is 0 Å². The molecule has 2 aromatic carbocycles. The van der Waals surface area contributed by atoms with E-state index in [1.165, 1.54) is 17.4 Å². The molecule has 5 nitrogen and oxygen atoms in total. The Bertz CT molecular complexity index is 1020. The highest BCUT2D eigenvalue weighted by Crippen LogP contribution is 2.28. The minimum atomic E-state index is -3.31. The Morgan fingerprint density at radius 3 is 2.63 bits per heavy atom. The van der Waals surface area contributed by atoms with Crippen LogP contribution in [-0.2, 0) is 17.6 Å². The normalized spacial score (nSPS) is 11.3. The van der Waals surface area contributed by atoms with E-state index in [0.29, 0.717) is 28.4 Å². The van der Waals surface area contributed by atoms with Crippen LogP contribution < -0.4 is 15.8 Å². The van der Waals surface area contributed by atoms with Gasteiger partial charge in [-0.05, 0) is 59.5 Å². The topological polar surface area (TPSA) is 77.2 Å². The minimum Gasteiger partial charge on any atom is -0.497 e. The highest BCUT2D eigenvalue weighted by molar-refractivity contribution is 7.14. The number of thiazole rings is 1. The molecule has 3 N–H and O–H groups in total. The highest BCUT2D eigenvalue weighted by Gasteiger charge is 2.25. The van der Waals surface area contributed by atoms with Gasteiger partial charge in [-0.1, -0.05) is 12.1 Å². The van der Waals surface area contributed by atoms with Gasteiger partial charge in [-0.25, -0.2) is 4.98 Å². The number of benzene rings is 2. The molecule has 0 unspecified atom stereocenters. The van der Waals surface area contributed by atoms with Crippen molar-refractivity contribution in [2.75, 3.05) is 18.2 Å². The first-order valence-electron chi connectivity index (χ1n) is 9.07. The maximum Gasteiger partial charge on any atom is 0.325 e. The minimum absolute atomic E-state index is 0.187. The number of aryl methyl sites for hydroxylation is 1. The standard InChI is InChI=1S/C21H20ClF2N3O2S/c1-29-16-7-4-15(5-8-16)18-12-30-20(26-18)27-19(28)9-6-14-3-2-13(10-17(14)25)11-21(22,23)24/h2-5,7-8,10,12H,6,9,11,25H2,1H3,(H,26,27,28). The number of methoxy groups -OCH3 is 1. The van der Waals surface area contributed by atoms with Crippen molar-refractivity contribution in [3.63, 3.8) is 0 Å². The monoisotopic (exact) mass is 451 g/mol. The number of nitrogens with one attached hydrogen (secondary N) is 1. The lowest BCUT2D eigenvalue weighted by molar-refractivity contribution is -0.116. The van der Waals surface area contributed by atoms with Gasteiger partial charge in [0.2, 0.25) is 5.91 Å². The van der Waals surface area contributed by atoms with Crippen molar-refractivity contribution in [2.24, 2.45) is 0 Å². The number of carbonyl (C=O) groups excluding carboxylic acids is 1. The lowest BCUT2D eigenvalue weighted by Crippen LogP contribution is -2.13. The lowest BCUT2D eigenvalue weighted by Gasteiger charge is -2.11. The molecule has 1 amide bonds. The molecule has 0 atom stereocenters. The summed E-state index contributed by atoms with van der Waals surface area (Å²) in [5.74, 6) is 0.549. The van der Waals surface area contributed by atoms with Crippen molar-refractivity contribution in [1.82, 2.24) is 4.98 Å². The number of aromatic nitrogens is 1. The van der Waals surface area contributed by atoms with Crippen molar-refractivity contribution < 1.29 is 18.3 Å². The number of carbonyl (C=O) groups is 1. The van der Waals surface area contributed by atoms with Crippen LogP contribution in [0.15, 0.2) is 47.8 Å². The van der Waals surface area contributed by atoms with E-state index in [1.54, 1.807) is 19.2 Å². The molecule has 158 valence electrons. The third kappa shape index (κ3) is 6.14. The fraction of sp³-hybridized carbons (Fsp3) is 0.238. The summed E-state index contributed by atoms with van der Waals surface area (Å²) >= 11 is 6.29. The van der Waals surface area contributed by atoms with E-state index in [-0.39, 0.29) is 12.3 Å². The molecule has 0 saturated heterocycles. The summed E-state index contributed by atoms with van der Waals surface area (Å²) in [5.41, 5.74) is 9.02. The van der Waals surface area contributed by atoms with Gasteiger partial charge in [-0.15, -0.1) is 11.3 Å². The Morgan fingerprint density at radius 1 is 1.27 bits per heavy atom. The molecule has 0 spiro atoms. The molecule has 0 aliphatic carbocycles. The van der Waals surface area contributed by atoms with Crippen LogP contribution in [0, 0.1) is 0 Å². The zero-order chi connectivity index (χ0) is 21.7. The van der Waals surface area contributed by atoms with Crippen LogP contribution in [0.1, 0.15) is 17.5 Å². The van der Waals surface area contributed by atoms with Crippen LogP contribution in [0.3, 0.4) is 0 Å². The Morgan fingerprint density at radius 2 is 2.00 bits per heavy atom. The van der Waals surface area contributed by atoms with Crippen molar-refractivity contribution in [1.29, 1.82) is 0 Å². The summed E-state index contributed by atoms with van der Waals surface area (Å²) in [4.78, 5) is 16.7. The van der Waals surface area contributed by atoms with Gasteiger partial charge in [0.15, 0.2) is 5.13 Å². The van der Waals surface area contributed by atoms with E-state index in [4.69, 9.17) is 22.1 Å². The summed E-state index contributed by atoms with van der Waals surface area (Å²) in [6.45, 7) is 0. The summed E-state index contributed by atoms with van der Waals surface area (Å²) in [7, 11) is 1.60. The number of ether oxygens (including phenoxy) is 1. The summed E-state index contributed by atoms with van der Waals surface area (Å²) < 4.78 is 31.0. The summed E-state index contributed by atoms with van der Waals surface area (Å²) in [5, 5.41) is 1.82. The Labute approximate surface area is 181 Å². The number of anilines is 2. The largest absolute Gasteiger partial charge is 0.497 e. The molecule has 3 rings (SSSR count). The molecular formula is C21H20ClF2N3O2S. The van der Waals surface area contributed by atoms with Gasteiger partial charge in [0.1, 0.15) is 5.75 Å². The van der Waals surface area contributed by atoms with E-state index in [2.05, 4.69) is 10.3 Å². The second-order valence-corrected chi connectivity index (χ2v) is 8.05. The number of hydrogen-bond donors (Lipinski definition) is 2. The number of nitrogens with two attached hydrogens (primary N) is 1. The van der Waals surface area contributed by atoms with Gasteiger partial charge < -0.3 is 15.8 Å². The zero-order valence-electron chi connectivity index (χ0n) is 16.1. The van der Waals surface area contributed by atoms with Gasteiger partial charge in [0.25, 0.3) is 0 Å². The van der Waals surface area contributed by atoms with Crippen LogP contribution in [0.4, 0.5) is 19.6 Å². The summed E-state index contributed by atoms with van der Waals surface area (Å²) in [6.07, 6.45) is -0.0291. The van der Waals surface area contributed by atoms with Crippen LogP contribution in [0.25, 0.3) is 11.3 Å². The van der Waals surface area contributed by atoms with Crippen molar-refractivity contribution >= 4 is 39.7 Å². The van der Waals surface area contributed by atoms with Crippen molar-refractivity contribution in [2.45, 2.75) is 24.6 Å². The number of nitrogens with zero attached hydrogens (tertiary/aromatic N) is 1. The average molecular weight is 452 g/mol. The van der Waals surface area contributed by atoms with Crippen LogP contribution in [-0.4, -0.2) is 23.4 Å². The van der Waals surface area contributed by atoms with Gasteiger partial charge in [-0.3, -0.25) is 4.79 Å². The van der Waals surface area contributed by atoms with Crippen LogP contribution in [0.2, 0.25) is 0 Å². The molecule has 3 aromatic rings. The van der Waals surface area contributed by atoms with Crippen LogP contribution >= 0.6 is 22.9 Å². The fourth-order valence-electron chi connectivity index (χ4n) is 2.87. The third-order valence-electron chi connectivity index (χ3n) is 4.37. The molecule has 1 aromatic heterocycles. The van der Waals surface area contributed by atoms with Gasteiger partial charge in [0, 0.05) is 23.1 Å². The molecule has 0 fully saturated rings. The quantitative estimate of drug-likeness (QED) is 0.357. The first kappa shape index (κ1) is 22.0. The Kier molecular flexibility index (Phi) is 6.89. The van der Waals surface area contributed by atoms with Gasteiger partial charge >= 0.3 is 5.38 Å². The molecule has 0 radical (unpaired) electrons. The molecule has 0 aliphatic rings. The van der Waals surface area contributed by atoms with Crippen molar-refractivity contribution in [3.8, 4) is 17.0 Å². The predicted octanol–water partition coefficient (Wildman–Crippen LogP) is 5.35. The van der Waals surface area contributed by atoms with E-state index in [0.717, 1.165) is 17.0 Å². The second kappa shape index (κ2) is 9.40. The van der Waals surface area contributed by atoms with Crippen LogP contribution in [0.5, 0.6) is 5.75 Å². The molecule has 9 heteroatoms. The SMILES string of the molecule is COc1ccc(-c2csc(NC(=O)CCc3ccc(CC(F)(F)Cl)cc3N)n2)cc1. The number of rotatable bonds is 8. The number of nitrogen functional groups attached to an aromatic ring is 1. The first-order valence-corrected chi connectivity index (χ1v) is 10.3. The van der Waals surface area contributed by atoms with E-state index < -0.39 is 11.8 Å². The lowest BCUT2D eigenvalue weighted by atomic mass is 10.0. The molecule has 0 aliphatic heterocycles. The fourth-order valence-corrected chi connectivity index (χ4v) is 3.76. The maximum absolute atomic E-state index is 12.9. The Hall–Kier alpha value is -2.71. The average Bonchev–Trinajstić information content (AvgIpc) is 3.14. The molecule has 0 saturated carbocycles. The van der Waals surface area contributed by atoms with Gasteiger partial charge in [-0.2, -0.15) is 8.78 Å². The first-order chi connectivity index (χ1) is 14.2. The number of halogens is 3. The second-order valence-electron chi connectivity index (χ2n) is 6.64. The summed E-state index contributed by atoms with van der Waals surface area (Å²) in [6, 6.07) is 12.1. The van der Waals surface area contributed by atoms with E-state index in [9.17, 15) is 13.6 Å². The van der Waals surface area contributed by atoms with Gasteiger partial charge in [0.05, 0.1) is 19.2 Å². The number of alkyl halides is 3. The van der Waals surface area contributed by atoms with Crippen molar-refractivity contribution in [3.05, 3.63) is 59.0 Å². The number of amides is 1. The Balaban J connectivity index is 1.55. The predicted molar refractivity (Wildman–Crippen MR) is 116 cm³/mol. The maximum atomic E-state index is 12.9. The smallest absolute Gasteiger partial charge is 0.325 e. The highest BCUT2D eigenvalue weighted by atomic mass is 35.5. The number of hydrogen-bond acceptors (Lipinski definition) is 5. The molecule has 1 heterocycles.